The molecule has 6 heteroatoms. The molecule has 6 nitrogen and oxygen atoms in total. The second-order valence-electron chi connectivity index (χ2n) is 7.07. The molecule has 0 atom stereocenters. The summed E-state index contributed by atoms with van der Waals surface area (Å²) in [4.78, 5) is 5.04. The van der Waals surface area contributed by atoms with Crippen molar-refractivity contribution >= 4 is 16.6 Å². The average molecular weight is 388 g/mol. The van der Waals surface area contributed by atoms with E-state index in [9.17, 15) is 0 Å². The first-order valence-electron chi connectivity index (χ1n) is 9.67. The lowest BCUT2D eigenvalue weighted by molar-refractivity contribution is 1.09. The summed E-state index contributed by atoms with van der Waals surface area (Å²) in [5, 5.41) is 16.7. The van der Waals surface area contributed by atoms with Crippen LogP contribution in [0.25, 0.3) is 50.3 Å². The minimum atomic E-state index is 0.744. The van der Waals surface area contributed by atoms with Crippen LogP contribution in [0, 0.1) is 0 Å². The number of benzene rings is 2. The van der Waals surface area contributed by atoms with E-state index in [4.69, 9.17) is 4.98 Å². The highest BCUT2D eigenvalue weighted by Crippen LogP contribution is 2.34. The normalized spacial score (nSPS) is 11.3. The summed E-state index contributed by atoms with van der Waals surface area (Å²) in [5.41, 5.74) is 6.75. The van der Waals surface area contributed by atoms with Crippen molar-refractivity contribution in [3.05, 3.63) is 91.4 Å². The zero-order valence-corrected chi connectivity index (χ0v) is 15.9. The van der Waals surface area contributed by atoms with Crippen LogP contribution in [-0.2, 0) is 0 Å². The number of nitrogens with zero attached hydrogens (tertiary/aromatic N) is 5. The van der Waals surface area contributed by atoms with Gasteiger partial charge in [-0.1, -0.05) is 60.7 Å². The van der Waals surface area contributed by atoms with E-state index in [2.05, 4.69) is 50.7 Å². The fraction of sp³-hybridized carbons (Fsp3) is 0. The zero-order chi connectivity index (χ0) is 19.9. The molecule has 0 bridgehead atoms. The third kappa shape index (κ3) is 2.58. The number of fused-ring (bicyclic) bond motifs is 3. The minimum absolute atomic E-state index is 0.744. The summed E-state index contributed by atoms with van der Waals surface area (Å²) >= 11 is 0. The van der Waals surface area contributed by atoms with Crippen LogP contribution in [0.3, 0.4) is 0 Å². The number of hydrogen-bond donors (Lipinski definition) is 1. The van der Waals surface area contributed by atoms with Crippen LogP contribution < -0.4 is 0 Å². The van der Waals surface area contributed by atoms with Crippen LogP contribution in [0.5, 0.6) is 0 Å². The largest absolute Gasteiger partial charge is 0.285 e. The molecule has 142 valence electrons. The number of aromatic nitrogens is 6. The molecular formula is C24H16N6. The minimum Gasteiger partial charge on any atom is -0.285 e. The third-order valence-electron chi connectivity index (χ3n) is 5.26. The Morgan fingerprint density at radius 3 is 2.27 bits per heavy atom. The van der Waals surface area contributed by atoms with Crippen molar-refractivity contribution in [1.29, 1.82) is 0 Å². The molecule has 6 aromatic rings. The lowest BCUT2D eigenvalue weighted by Crippen LogP contribution is -1.95. The fourth-order valence-electron chi connectivity index (χ4n) is 3.82. The molecule has 0 unspecified atom stereocenters. The van der Waals surface area contributed by atoms with Crippen LogP contribution in [-0.4, -0.2) is 29.8 Å². The highest BCUT2D eigenvalue weighted by molar-refractivity contribution is 5.98. The topological polar surface area (TPSA) is 71.8 Å². The number of pyridine rings is 2. The van der Waals surface area contributed by atoms with Gasteiger partial charge in [-0.3, -0.25) is 9.50 Å². The fourth-order valence-corrected chi connectivity index (χ4v) is 3.82. The molecule has 2 aromatic carbocycles. The molecule has 0 radical (unpaired) electrons. The molecule has 0 aliphatic heterocycles. The molecule has 0 saturated heterocycles. The number of H-pyrrole nitrogens is 1. The van der Waals surface area contributed by atoms with Crippen molar-refractivity contribution in [2.24, 2.45) is 0 Å². The predicted molar refractivity (Wildman–Crippen MR) is 117 cm³/mol. The summed E-state index contributed by atoms with van der Waals surface area (Å²) in [6.07, 6.45) is 5.52. The van der Waals surface area contributed by atoms with Crippen LogP contribution in [0.15, 0.2) is 91.4 Å². The van der Waals surface area contributed by atoms with Gasteiger partial charge in [0.1, 0.15) is 0 Å². The van der Waals surface area contributed by atoms with E-state index in [1.807, 2.05) is 59.3 Å². The van der Waals surface area contributed by atoms with Crippen molar-refractivity contribution in [1.82, 2.24) is 29.8 Å². The number of rotatable bonds is 3. The maximum Gasteiger partial charge on any atom is 0.171 e. The average Bonchev–Trinajstić information content (AvgIpc) is 3.49. The molecule has 0 aliphatic carbocycles. The Hall–Kier alpha value is -4.32. The Bertz CT molecular complexity index is 1470. The van der Waals surface area contributed by atoms with Gasteiger partial charge in [0.15, 0.2) is 11.5 Å². The highest BCUT2D eigenvalue weighted by Gasteiger charge is 2.16. The van der Waals surface area contributed by atoms with Gasteiger partial charge in [0.2, 0.25) is 0 Å². The van der Waals surface area contributed by atoms with Crippen LogP contribution in [0.2, 0.25) is 0 Å². The van der Waals surface area contributed by atoms with E-state index in [0.717, 1.165) is 50.3 Å². The summed E-state index contributed by atoms with van der Waals surface area (Å²) in [6, 6.07) is 24.8. The second kappa shape index (κ2) is 6.63. The molecular weight excluding hydrogens is 372 g/mol. The van der Waals surface area contributed by atoms with Crippen LogP contribution in [0.1, 0.15) is 0 Å². The van der Waals surface area contributed by atoms with Crippen molar-refractivity contribution in [3.63, 3.8) is 0 Å². The first kappa shape index (κ1) is 16.6. The Balaban J connectivity index is 1.67. The van der Waals surface area contributed by atoms with Gasteiger partial charge in [0.05, 0.1) is 23.0 Å². The first-order valence-corrected chi connectivity index (χ1v) is 9.67. The van der Waals surface area contributed by atoms with Gasteiger partial charge in [-0.25, -0.2) is 4.98 Å². The van der Waals surface area contributed by atoms with Crippen molar-refractivity contribution < 1.29 is 0 Å². The third-order valence-corrected chi connectivity index (χ3v) is 5.26. The Morgan fingerprint density at radius 2 is 1.53 bits per heavy atom. The van der Waals surface area contributed by atoms with Crippen LogP contribution in [0.4, 0.5) is 0 Å². The summed E-state index contributed by atoms with van der Waals surface area (Å²) < 4.78 is 1.98. The number of aromatic amines is 1. The standard InChI is InChI=1S/C24H16N6/c1-3-7-16(8-4-1)19-13-20-21(27-22(19)17-9-5-2-6-10-17)11-12-30-23(28-29-24(20)30)18-14-25-26-15-18/h1-15H,(H,25,26). The maximum absolute atomic E-state index is 5.04. The Morgan fingerprint density at radius 1 is 0.767 bits per heavy atom. The summed E-state index contributed by atoms with van der Waals surface area (Å²) in [6.45, 7) is 0. The lowest BCUT2D eigenvalue weighted by Gasteiger charge is -2.12. The van der Waals surface area contributed by atoms with Crippen molar-refractivity contribution in [2.75, 3.05) is 0 Å². The monoisotopic (exact) mass is 388 g/mol. The highest BCUT2D eigenvalue weighted by atomic mass is 15.3. The van der Waals surface area contributed by atoms with E-state index in [1.165, 1.54) is 0 Å². The molecule has 6 rings (SSSR count). The number of hydrogen-bond acceptors (Lipinski definition) is 4. The van der Waals surface area contributed by atoms with Crippen molar-refractivity contribution in [2.45, 2.75) is 0 Å². The molecule has 4 aromatic heterocycles. The van der Waals surface area contributed by atoms with Crippen molar-refractivity contribution in [3.8, 4) is 33.8 Å². The van der Waals surface area contributed by atoms with E-state index < -0.39 is 0 Å². The van der Waals surface area contributed by atoms with Gasteiger partial charge in [0, 0.05) is 28.9 Å². The summed E-state index contributed by atoms with van der Waals surface area (Å²) in [5.74, 6) is 0.744. The van der Waals surface area contributed by atoms with E-state index in [-0.39, 0.29) is 0 Å². The van der Waals surface area contributed by atoms with Gasteiger partial charge >= 0.3 is 0 Å². The van der Waals surface area contributed by atoms with E-state index >= 15 is 0 Å². The van der Waals surface area contributed by atoms with Gasteiger partial charge in [-0.2, -0.15) is 5.10 Å². The lowest BCUT2D eigenvalue weighted by atomic mass is 9.98. The van der Waals surface area contributed by atoms with Crippen LogP contribution >= 0.6 is 0 Å². The quantitative estimate of drug-likeness (QED) is 0.463. The predicted octanol–water partition coefficient (Wildman–Crippen LogP) is 5.00. The smallest absolute Gasteiger partial charge is 0.171 e. The first-order chi connectivity index (χ1) is 14.9. The molecule has 1 N–H and O–H groups in total. The molecule has 0 fully saturated rings. The molecule has 0 spiro atoms. The zero-order valence-electron chi connectivity index (χ0n) is 15.9. The van der Waals surface area contributed by atoms with Gasteiger partial charge < -0.3 is 0 Å². The molecule has 0 aliphatic rings. The molecule has 4 heterocycles. The van der Waals surface area contributed by atoms with E-state index in [0.29, 0.717) is 0 Å². The Labute approximate surface area is 171 Å². The maximum atomic E-state index is 5.04. The Kier molecular flexibility index (Phi) is 3.67. The molecule has 30 heavy (non-hydrogen) atoms. The molecule has 0 amide bonds. The molecule has 0 saturated carbocycles. The van der Waals surface area contributed by atoms with Gasteiger partial charge in [-0.05, 0) is 17.7 Å². The second-order valence-corrected chi connectivity index (χ2v) is 7.07. The van der Waals surface area contributed by atoms with Gasteiger partial charge in [0.25, 0.3) is 0 Å². The van der Waals surface area contributed by atoms with E-state index in [1.54, 1.807) is 6.20 Å². The summed E-state index contributed by atoms with van der Waals surface area (Å²) in [7, 11) is 0. The van der Waals surface area contributed by atoms with Gasteiger partial charge in [-0.15, -0.1) is 10.2 Å². The SMILES string of the molecule is c1ccc(-c2cc3c(ccn4c(-c5cn[nH]c5)nnc34)nc2-c2ccccc2)cc1. The number of nitrogens with one attached hydrogen (secondary N) is 1.